The van der Waals surface area contributed by atoms with E-state index in [0.717, 1.165) is 0 Å². The van der Waals surface area contributed by atoms with Crippen molar-refractivity contribution < 1.29 is 24.4 Å². The van der Waals surface area contributed by atoms with Crippen LogP contribution < -0.4 is 11.3 Å². The van der Waals surface area contributed by atoms with E-state index >= 15 is 0 Å². The van der Waals surface area contributed by atoms with Crippen LogP contribution in [0.3, 0.4) is 0 Å². The molecule has 1 aliphatic rings. The summed E-state index contributed by atoms with van der Waals surface area (Å²) in [4.78, 5) is 22.3. The number of hydrogen-bond donors (Lipinski definition) is 4. The maximum absolute atomic E-state index is 11.9. The van der Waals surface area contributed by atoms with Crippen LogP contribution in [0, 0.1) is 0 Å². The molecule has 5 N–H and O–H groups in total. The molecule has 0 aromatic carbocycles. The molecule has 1 fully saturated rings. The third-order valence-electron chi connectivity index (χ3n) is 3.82. The summed E-state index contributed by atoms with van der Waals surface area (Å²) in [5.74, 6) is -0.0663. The highest BCUT2D eigenvalue weighted by atomic mass is 16.6. The summed E-state index contributed by atoms with van der Waals surface area (Å²) < 4.78 is 17.7. The highest BCUT2D eigenvalue weighted by Crippen LogP contribution is 2.33. The van der Waals surface area contributed by atoms with Gasteiger partial charge in [0.15, 0.2) is 17.4 Å². The highest BCUT2D eigenvalue weighted by Gasteiger charge is 2.45. The standard InChI is InChI=1S/C13H19N5O6/c1-22-2-3-23-9-8(20)6(4-19)24-12(9)18-5-15-7-10(18)16-13(14)17-11(7)21/h5-6,8-9,12,19-20H,2-4H2,1H3,(H3,14,16,17,21)/t6-,8?,9?,12-/m1/s1. The lowest BCUT2D eigenvalue weighted by Crippen LogP contribution is -2.36. The Kier molecular flexibility index (Phi) is 4.78. The number of aromatic nitrogens is 4. The average Bonchev–Trinajstić information content (AvgIpc) is 3.09. The van der Waals surface area contributed by atoms with Crippen molar-refractivity contribution in [2.45, 2.75) is 24.5 Å². The highest BCUT2D eigenvalue weighted by molar-refractivity contribution is 5.70. The minimum Gasteiger partial charge on any atom is -0.394 e. The van der Waals surface area contributed by atoms with Gasteiger partial charge in [-0.25, -0.2) is 4.98 Å². The Morgan fingerprint density at radius 3 is 3.00 bits per heavy atom. The lowest BCUT2D eigenvalue weighted by molar-refractivity contribution is -0.0785. The first-order chi connectivity index (χ1) is 11.6. The second-order valence-corrected chi connectivity index (χ2v) is 5.34. The molecule has 0 radical (unpaired) electrons. The third kappa shape index (κ3) is 2.87. The van der Waals surface area contributed by atoms with Gasteiger partial charge < -0.3 is 30.2 Å². The molecule has 1 saturated heterocycles. The van der Waals surface area contributed by atoms with Crippen LogP contribution in [0.4, 0.5) is 5.95 Å². The molecular weight excluding hydrogens is 322 g/mol. The molecule has 24 heavy (non-hydrogen) atoms. The Balaban J connectivity index is 1.97. The van der Waals surface area contributed by atoms with Crippen molar-refractivity contribution in [2.75, 3.05) is 32.7 Å². The lowest BCUT2D eigenvalue weighted by atomic mass is 10.1. The Morgan fingerprint density at radius 2 is 2.29 bits per heavy atom. The molecule has 0 saturated carbocycles. The lowest BCUT2D eigenvalue weighted by Gasteiger charge is -2.21. The molecule has 1 aliphatic heterocycles. The van der Waals surface area contributed by atoms with Gasteiger partial charge in [0, 0.05) is 7.11 Å². The van der Waals surface area contributed by atoms with Crippen LogP contribution in [0.2, 0.25) is 0 Å². The van der Waals surface area contributed by atoms with Gasteiger partial charge in [-0.2, -0.15) is 4.98 Å². The number of nitrogens with two attached hydrogens (primary N) is 1. The Morgan fingerprint density at radius 1 is 1.50 bits per heavy atom. The van der Waals surface area contributed by atoms with Crippen molar-refractivity contribution in [3.8, 4) is 0 Å². The number of aliphatic hydroxyl groups excluding tert-OH is 2. The fourth-order valence-electron chi connectivity index (χ4n) is 2.67. The van der Waals surface area contributed by atoms with E-state index < -0.39 is 30.1 Å². The largest absolute Gasteiger partial charge is 0.394 e. The Bertz CT molecular complexity index is 761. The van der Waals surface area contributed by atoms with Crippen molar-refractivity contribution in [1.29, 1.82) is 0 Å². The van der Waals surface area contributed by atoms with Crippen LogP contribution in [0.5, 0.6) is 0 Å². The zero-order valence-electron chi connectivity index (χ0n) is 13.0. The minimum absolute atomic E-state index is 0.0663. The van der Waals surface area contributed by atoms with Gasteiger partial charge in [-0.15, -0.1) is 0 Å². The van der Waals surface area contributed by atoms with Crippen LogP contribution in [0.1, 0.15) is 6.23 Å². The van der Waals surface area contributed by atoms with Crippen LogP contribution in [-0.2, 0) is 14.2 Å². The summed E-state index contributed by atoms with van der Waals surface area (Å²) in [5, 5.41) is 19.7. The van der Waals surface area contributed by atoms with Crippen molar-refractivity contribution in [2.24, 2.45) is 0 Å². The number of imidazole rings is 1. The van der Waals surface area contributed by atoms with Crippen molar-refractivity contribution >= 4 is 17.1 Å². The summed E-state index contributed by atoms with van der Waals surface area (Å²) in [5.41, 5.74) is 5.39. The number of methoxy groups -OCH3 is 1. The van der Waals surface area contributed by atoms with E-state index in [9.17, 15) is 15.0 Å². The number of fused-ring (bicyclic) bond motifs is 1. The van der Waals surface area contributed by atoms with Gasteiger partial charge in [-0.3, -0.25) is 14.3 Å². The van der Waals surface area contributed by atoms with Gasteiger partial charge in [0.05, 0.1) is 26.1 Å². The van der Waals surface area contributed by atoms with Gasteiger partial charge >= 0.3 is 0 Å². The summed E-state index contributed by atoms with van der Waals surface area (Å²) in [6.07, 6.45) is -2.16. The number of H-pyrrole nitrogens is 1. The van der Waals surface area contributed by atoms with Gasteiger partial charge in [0.1, 0.15) is 18.3 Å². The Labute approximate surface area is 136 Å². The molecule has 11 nitrogen and oxygen atoms in total. The number of hydrogen-bond acceptors (Lipinski definition) is 9. The van der Waals surface area contributed by atoms with E-state index in [2.05, 4.69) is 15.0 Å². The molecule has 2 aromatic rings. The van der Waals surface area contributed by atoms with Crippen molar-refractivity contribution in [3.05, 3.63) is 16.7 Å². The van der Waals surface area contributed by atoms with Crippen molar-refractivity contribution in [1.82, 2.24) is 19.5 Å². The van der Waals surface area contributed by atoms with Gasteiger partial charge in [0.25, 0.3) is 5.56 Å². The number of rotatable bonds is 6. The Hall–Kier alpha value is -2.05. The molecule has 0 spiro atoms. The maximum Gasteiger partial charge on any atom is 0.280 e. The molecule has 2 aromatic heterocycles. The fourth-order valence-corrected chi connectivity index (χ4v) is 2.67. The minimum atomic E-state index is -1.06. The topological polar surface area (TPSA) is 158 Å². The van der Waals surface area contributed by atoms with Crippen LogP contribution >= 0.6 is 0 Å². The summed E-state index contributed by atoms with van der Waals surface area (Å²) in [7, 11) is 1.53. The monoisotopic (exact) mass is 341 g/mol. The quantitative estimate of drug-likeness (QED) is 0.435. The molecule has 2 unspecified atom stereocenters. The van der Waals surface area contributed by atoms with Crippen LogP contribution in [0.15, 0.2) is 11.1 Å². The van der Waals surface area contributed by atoms with E-state index in [4.69, 9.17) is 19.9 Å². The first kappa shape index (κ1) is 16.8. The molecule has 0 aliphatic carbocycles. The number of aliphatic hydroxyl groups is 2. The number of nitrogen functional groups attached to an aromatic ring is 1. The van der Waals surface area contributed by atoms with E-state index in [1.54, 1.807) is 0 Å². The van der Waals surface area contributed by atoms with Gasteiger partial charge in [-0.1, -0.05) is 0 Å². The van der Waals surface area contributed by atoms with E-state index in [1.165, 1.54) is 18.0 Å². The number of aromatic amines is 1. The fraction of sp³-hybridized carbons (Fsp3) is 0.615. The average molecular weight is 341 g/mol. The molecular formula is C13H19N5O6. The van der Waals surface area contributed by atoms with Gasteiger partial charge in [0.2, 0.25) is 5.95 Å². The SMILES string of the molecule is COCCOC1C(O)[C@@H](CO)O[C@H]1n1cnc2c(=O)[nH]c(N)nc21. The van der Waals surface area contributed by atoms with Crippen LogP contribution in [0.25, 0.3) is 11.2 Å². The zero-order chi connectivity index (χ0) is 17.3. The molecule has 11 heteroatoms. The number of nitrogens with one attached hydrogen (secondary N) is 1. The summed E-state index contributed by atoms with van der Waals surface area (Å²) in [6, 6.07) is 0. The van der Waals surface area contributed by atoms with Crippen LogP contribution in [-0.4, -0.2) is 75.0 Å². The smallest absolute Gasteiger partial charge is 0.280 e. The molecule has 0 bridgehead atoms. The summed E-state index contributed by atoms with van der Waals surface area (Å²) in [6.45, 7) is 0.166. The zero-order valence-corrected chi connectivity index (χ0v) is 13.0. The van der Waals surface area contributed by atoms with Gasteiger partial charge in [-0.05, 0) is 0 Å². The molecule has 3 heterocycles. The summed E-state index contributed by atoms with van der Waals surface area (Å²) >= 11 is 0. The van der Waals surface area contributed by atoms with E-state index in [-0.39, 0.29) is 30.3 Å². The van der Waals surface area contributed by atoms with E-state index in [0.29, 0.717) is 6.61 Å². The van der Waals surface area contributed by atoms with E-state index in [1.807, 2.05) is 0 Å². The third-order valence-corrected chi connectivity index (χ3v) is 3.82. The number of anilines is 1. The molecule has 0 amide bonds. The number of nitrogens with zero attached hydrogens (tertiary/aromatic N) is 3. The number of ether oxygens (including phenoxy) is 3. The second-order valence-electron chi connectivity index (χ2n) is 5.34. The van der Waals surface area contributed by atoms with Crippen molar-refractivity contribution in [3.63, 3.8) is 0 Å². The predicted octanol–water partition coefficient (Wildman–Crippen LogP) is -2.02. The second kappa shape index (κ2) is 6.83. The normalized spacial score (nSPS) is 27.1. The molecule has 3 rings (SSSR count). The predicted molar refractivity (Wildman–Crippen MR) is 81.2 cm³/mol. The molecule has 132 valence electrons. The first-order valence-corrected chi connectivity index (χ1v) is 7.34. The maximum atomic E-state index is 11.9. The molecule has 4 atom stereocenters. The first-order valence-electron chi connectivity index (χ1n) is 7.34.